The van der Waals surface area contributed by atoms with Crippen LogP contribution in [0.4, 0.5) is 0 Å². The molecule has 0 amide bonds. The molecule has 0 bridgehead atoms. The van der Waals surface area contributed by atoms with E-state index in [4.69, 9.17) is 16.3 Å². The summed E-state index contributed by atoms with van der Waals surface area (Å²) in [7, 11) is 0. The number of nitrogens with zero attached hydrogens (tertiary/aromatic N) is 2. The highest BCUT2D eigenvalue weighted by Crippen LogP contribution is 2.20. The van der Waals surface area contributed by atoms with Crippen molar-refractivity contribution in [1.82, 2.24) is 15.3 Å². The number of rotatable bonds is 4. The van der Waals surface area contributed by atoms with Crippen molar-refractivity contribution in [3.63, 3.8) is 0 Å². The highest BCUT2D eigenvalue weighted by atomic mass is 35.5. The van der Waals surface area contributed by atoms with Crippen LogP contribution < -0.4 is 10.1 Å². The smallest absolute Gasteiger partial charge is 0.159 e. The highest BCUT2D eigenvalue weighted by molar-refractivity contribution is 6.30. The molecule has 2 heterocycles. The first-order valence-electron chi connectivity index (χ1n) is 7.23. The van der Waals surface area contributed by atoms with E-state index >= 15 is 0 Å². The number of halogens is 1. The van der Waals surface area contributed by atoms with E-state index in [1.165, 1.54) is 12.8 Å². The van der Waals surface area contributed by atoms with Crippen LogP contribution in [0.15, 0.2) is 36.7 Å². The van der Waals surface area contributed by atoms with Crippen LogP contribution in [-0.2, 0) is 0 Å². The zero-order valence-electron chi connectivity index (χ0n) is 11.8. The van der Waals surface area contributed by atoms with E-state index in [0.717, 1.165) is 18.7 Å². The Bertz CT molecular complexity index is 582. The van der Waals surface area contributed by atoms with Crippen molar-refractivity contribution in [2.75, 3.05) is 19.7 Å². The van der Waals surface area contributed by atoms with Crippen molar-refractivity contribution >= 4 is 11.6 Å². The molecule has 1 saturated heterocycles. The second-order valence-corrected chi connectivity index (χ2v) is 5.71. The molecular weight excluding hydrogens is 286 g/mol. The largest absolute Gasteiger partial charge is 0.490 e. The highest BCUT2D eigenvalue weighted by Gasteiger charge is 2.13. The van der Waals surface area contributed by atoms with Crippen molar-refractivity contribution in [3.8, 4) is 17.1 Å². The van der Waals surface area contributed by atoms with E-state index in [9.17, 15) is 0 Å². The second kappa shape index (κ2) is 6.87. The first-order chi connectivity index (χ1) is 10.3. The molecule has 1 fully saturated rings. The molecule has 3 rings (SSSR count). The maximum absolute atomic E-state index is 5.98. The van der Waals surface area contributed by atoms with E-state index in [1.807, 2.05) is 24.3 Å². The van der Waals surface area contributed by atoms with E-state index < -0.39 is 0 Å². The zero-order valence-corrected chi connectivity index (χ0v) is 12.5. The van der Waals surface area contributed by atoms with Crippen molar-refractivity contribution < 1.29 is 4.74 Å². The fourth-order valence-corrected chi connectivity index (χ4v) is 2.64. The Morgan fingerprint density at radius 3 is 2.86 bits per heavy atom. The molecule has 0 saturated carbocycles. The Labute approximate surface area is 129 Å². The molecule has 4 nitrogen and oxygen atoms in total. The Morgan fingerprint density at radius 1 is 1.29 bits per heavy atom. The number of hydrogen-bond donors (Lipinski definition) is 1. The van der Waals surface area contributed by atoms with E-state index in [1.54, 1.807) is 12.4 Å². The monoisotopic (exact) mass is 303 g/mol. The maximum atomic E-state index is 5.98. The van der Waals surface area contributed by atoms with Gasteiger partial charge in [-0.2, -0.15) is 0 Å². The van der Waals surface area contributed by atoms with Crippen LogP contribution in [0.5, 0.6) is 5.75 Å². The molecule has 1 aromatic carbocycles. The van der Waals surface area contributed by atoms with Gasteiger partial charge in [-0.05, 0) is 31.5 Å². The summed E-state index contributed by atoms with van der Waals surface area (Å²) in [6, 6.07) is 7.52. The predicted molar refractivity (Wildman–Crippen MR) is 83.6 cm³/mol. The fraction of sp³-hybridized carbons (Fsp3) is 0.375. The molecule has 1 aliphatic heterocycles. The number of nitrogens with one attached hydrogen (secondary N) is 1. The molecule has 0 aliphatic carbocycles. The SMILES string of the molecule is Clc1cccc(-c2ncc(OCC3CCCNC3)cn2)c1. The third-order valence-corrected chi connectivity index (χ3v) is 3.83. The Kier molecular flexibility index (Phi) is 4.68. The zero-order chi connectivity index (χ0) is 14.5. The lowest BCUT2D eigenvalue weighted by Gasteiger charge is -2.22. The van der Waals surface area contributed by atoms with Crippen LogP contribution in [0.2, 0.25) is 5.02 Å². The van der Waals surface area contributed by atoms with E-state index in [-0.39, 0.29) is 0 Å². The molecule has 1 N–H and O–H groups in total. The first kappa shape index (κ1) is 14.3. The lowest BCUT2D eigenvalue weighted by atomic mass is 10.0. The third kappa shape index (κ3) is 3.93. The van der Waals surface area contributed by atoms with Crippen LogP contribution in [0.25, 0.3) is 11.4 Å². The molecule has 110 valence electrons. The Morgan fingerprint density at radius 2 is 2.14 bits per heavy atom. The lowest BCUT2D eigenvalue weighted by Crippen LogP contribution is -2.33. The van der Waals surface area contributed by atoms with Gasteiger partial charge in [0.25, 0.3) is 0 Å². The predicted octanol–water partition coefficient (Wildman–Crippen LogP) is 3.18. The summed E-state index contributed by atoms with van der Waals surface area (Å²) in [5, 5.41) is 4.06. The second-order valence-electron chi connectivity index (χ2n) is 5.28. The molecule has 1 aromatic heterocycles. The number of hydrogen-bond acceptors (Lipinski definition) is 4. The van der Waals surface area contributed by atoms with Crippen LogP contribution in [0.3, 0.4) is 0 Å². The van der Waals surface area contributed by atoms with Gasteiger partial charge in [-0.3, -0.25) is 0 Å². The van der Waals surface area contributed by atoms with Gasteiger partial charge in [-0.25, -0.2) is 9.97 Å². The molecule has 5 heteroatoms. The maximum Gasteiger partial charge on any atom is 0.159 e. The summed E-state index contributed by atoms with van der Waals surface area (Å²) in [5.74, 6) is 1.95. The summed E-state index contributed by atoms with van der Waals surface area (Å²) in [4.78, 5) is 8.69. The summed E-state index contributed by atoms with van der Waals surface area (Å²) in [5.41, 5.74) is 0.908. The average Bonchev–Trinajstić information content (AvgIpc) is 2.54. The molecule has 0 radical (unpaired) electrons. The number of aromatic nitrogens is 2. The normalized spacial score (nSPS) is 18.4. The molecule has 2 aromatic rings. The van der Waals surface area contributed by atoms with E-state index in [0.29, 0.717) is 29.1 Å². The van der Waals surface area contributed by atoms with Crippen molar-refractivity contribution in [3.05, 3.63) is 41.7 Å². The van der Waals surface area contributed by atoms with Crippen molar-refractivity contribution in [1.29, 1.82) is 0 Å². The Hall–Kier alpha value is -1.65. The average molecular weight is 304 g/mol. The van der Waals surface area contributed by atoms with Crippen molar-refractivity contribution in [2.24, 2.45) is 5.92 Å². The molecule has 1 atom stereocenters. The molecule has 0 spiro atoms. The van der Waals surface area contributed by atoms with Gasteiger partial charge in [0.1, 0.15) is 0 Å². The number of benzene rings is 1. The van der Waals surface area contributed by atoms with Crippen LogP contribution >= 0.6 is 11.6 Å². The molecule has 1 unspecified atom stereocenters. The quantitative estimate of drug-likeness (QED) is 0.942. The van der Waals surface area contributed by atoms with Gasteiger partial charge < -0.3 is 10.1 Å². The summed E-state index contributed by atoms with van der Waals surface area (Å²) in [6.45, 7) is 2.86. The van der Waals surface area contributed by atoms with Gasteiger partial charge in [0.05, 0.1) is 19.0 Å². The number of ether oxygens (including phenoxy) is 1. The van der Waals surface area contributed by atoms with Crippen LogP contribution in [0, 0.1) is 5.92 Å². The minimum atomic E-state index is 0.575. The van der Waals surface area contributed by atoms with Crippen molar-refractivity contribution in [2.45, 2.75) is 12.8 Å². The van der Waals surface area contributed by atoms with Crippen LogP contribution in [-0.4, -0.2) is 29.7 Å². The molecular formula is C16H18ClN3O. The Balaban J connectivity index is 1.61. The standard InChI is InChI=1S/C16H18ClN3O/c17-14-5-1-4-13(7-14)16-19-9-15(10-20-16)21-11-12-3-2-6-18-8-12/h1,4-5,7,9-10,12,18H,2-3,6,8,11H2. The van der Waals surface area contributed by atoms with Gasteiger partial charge in [0.2, 0.25) is 0 Å². The van der Waals surface area contributed by atoms with Crippen LogP contribution in [0.1, 0.15) is 12.8 Å². The third-order valence-electron chi connectivity index (χ3n) is 3.60. The lowest BCUT2D eigenvalue weighted by molar-refractivity contribution is 0.217. The molecule has 1 aliphatic rings. The van der Waals surface area contributed by atoms with Gasteiger partial charge in [-0.1, -0.05) is 23.7 Å². The van der Waals surface area contributed by atoms with Gasteiger partial charge >= 0.3 is 0 Å². The van der Waals surface area contributed by atoms with Gasteiger partial charge in [0, 0.05) is 23.0 Å². The van der Waals surface area contributed by atoms with E-state index in [2.05, 4.69) is 15.3 Å². The van der Waals surface area contributed by atoms with Gasteiger partial charge in [0.15, 0.2) is 11.6 Å². The molecule has 21 heavy (non-hydrogen) atoms. The fourth-order valence-electron chi connectivity index (χ4n) is 2.45. The number of piperidine rings is 1. The summed E-state index contributed by atoms with van der Waals surface area (Å²) < 4.78 is 5.77. The topological polar surface area (TPSA) is 47.0 Å². The first-order valence-corrected chi connectivity index (χ1v) is 7.60. The minimum absolute atomic E-state index is 0.575. The van der Waals surface area contributed by atoms with Gasteiger partial charge in [-0.15, -0.1) is 0 Å². The summed E-state index contributed by atoms with van der Waals surface area (Å²) >= 11 is 5.98. The summed E-state index contributed by atoms with van der Waals surface area (Å²) in [6.07, 6.45) is 5.88. The minimum Gasteiger partial charge on any atom is -0.490 e.